The Kier molecular flexibility index (Phi) is 4.05. The molecule has 0 saturated heterocycles. The number of rotatable bonds is 3. The van der Waals surface area contributed by atoms with Gasteiger partial charge in [0.25, 0.3) is 5.56 Å². The molecular formula is C21H20N4O2S. The van der Waals surface area contributed by atoms with Gasteiger partial charge in [0.2, 0.25) is 5.91 Å². The van der Waals surface area contributed by atoms with Gasteiger partial charge in [-0.1, -0.05) is 24.3 Å². The maximum atomic E-state index is 12.8. The fraction of sp³-hybridized carbons (Fsp3) is 0.286. The molecule has 0 bridgehead atoms. The van der Waals surface area contributed by atoms with Gasteiger partial charge in [0.15, 0.2) is 0 Å². The van der Waals surface area contributed by atoms with Gasteiger partial charge in [-0.3, -0.25) is 14.0 Å². The van der Waals surface area contributed by atoms with Crippen LogP contribution >= 0.6 is 11.3 Å². The van der Waals surface area contributed by atoms with E-state index in [4.69, 9.17) is 0 Å². The van der Waals surface area contributed by atoms with Gasteiger partial charge in [0.05, 0.1) is 16.3 Å². The Balaban J connectivity index is 1.40. The van der Waals surface area contributed by atoms with Crippen LogP contribution in [-0.2, 0) is 17.8 Å². The molecule has 0 saturated carbocycles. The second-order valence-electron chi connectivity index (χ2n) is 7.31. The number of thiophene rings is 1. The van der Waals surface area contributed by atoms with Crippen molar-refractivity contribution in [3.8, 4) is 0 Å². The number of carbonyl (C=O) groups excluding carboxylic acids is 1. The van der Waals surface area contributed by atoms with Gasteiger partial charge in [-0.15, -0.1) is 11.3 Å². The highest BCUT2D eigenvalue weighted by atomic mass is 32.1. The third-order valence-corrected chi connectivity index (χ3v) is 6.40. The van der Waals surface area contributed by atoms with Crippen molar-refractivity contribution in [2.75, 3.05) is 0 Å². The number of nitrogens with zero attached hydrogens (tertiary/aromatic N) is 3. The van der Waals surface area contributed by atoms with Crippen molar-refractivity contribution in [2.45, 2.75) is 38.8 Å². The van der Waals surface area contributed by atoms with Gasteiger partial charge in [-0.25, -0.2) is 4.68 Å². The lowest BCUT2D eigenvalue weighted by Gasteiger charge is -2.26. The van der Waals surface area contributed by atoms with E-state index in [2.05, 4.69) is 22.5 Å². The van der Waals surface area contributed by atoms with Gasteiger partial charge in [0, 0.05) is 4.88 Å². The monoisotopic (exact) mass is 392 g/mol. The van der Waals surface area contributed by atoms with Gasteiger partial charge in [0.1, 0.15) is 18.4 Å². The number of hydrogen-bond donors (Lipinski definition) is 1. The SMILES string of the molecule is Cc1cc2c(cc3c(=O)n(CC(=O)N[C@H]4CCCc5ccccc54)ncn32)s1. The van der Waals surface area contributed by atoms with Gasteiger partial charge < -0.3 is 5.32 Å². The number of aryl methyl sites for hydroxylation is 2. The molecule has 1 aromatic carbocycles. The Morgan fingerprint density at radius 1 is 1.29 bits per heavy atom. The molecule has 1 N–H and O–H groups in total. The summed E-state index contributed by atoms with van der Waals surface area (Å²) in [6, 6.07) is 12.2. The van der Waals surface area contributed by atoms with Crippen LogP contribution in [0.15, 0.2) is 47.5 Å². The molecule has 0 fully saturated rings. The minimum Gasteiger partial charge on any atom is -0.348 e. The van der Waals surface area contributed by atoms with Crippen LogP contribution in [0.4, 0.5) is 0 Å². The Labute approximate surface area is 165 Å². The highest BCUT2D eigenvalue weighted by Gasteiger charge is 2.22. The molecule has 0 unspecified atom stereocenters. The van der Waals surface area contributed by atoms with Crippen molar-refractivity contribution >= 4 is 33.0 Å². The molecule has 3 aromatic heterocycles. The van der Waals surface area contributed by atoms with Gasteiger partial charge >= 0.3 is 0 Å². The second kappa shape index (κ2) is 6.60. The summed E-state index contributed by atoms with van der Waals surface area (Å²) in [4.78, 5) is 26.6. The zero-order chi connectivity index (χ0) is 19.3. The number of hydrogen-bond acceptors (Lipinski definition) is 4. The van der Waals surface area contributed by atoms with Crippen LogP contribution in [0.2, 0.25) is 0 Å². The Morgan fingerprint density at radius 3 is 3.04 bits per heavy atom. The fourth-order valence-electron chi connectivity index (χ4n) is 4.11. The highest BCUT2D eigenvalue weighted by molar-refractivity contribution is 7.19. The third kappa shape index (κ3) is 2.82. The minimum atomic E-state index is -0.247. The molecule has 0 spiro atoms. The minimum absolute atomic E-state index is 0.00139. The molecule has 3 heterocycles. The molecule has 1 amide bonds. The molecular weight excluding hydrogens is 372 g/mol. The first-order valence-corrected chi connectivity index (χ1v) is 10.3. The summed E-state index contributed by atoms with van der Waals surface area (Å²) in [7, 11) is 0. The molecule has 142 valence electrons. The Morgan fingerprint density at radius 2 is 2.14 bits per heavy atom. The summed E-state index contributed by atoms with van der Waals surface area (Å²) < 4.78 is 4.10. The molecule has 28 heavy (non-hydrogen) atoms. The standard InChI is InChI=1S/C21H20N4O2S/c1-13-9-17-19(28-13)10-18-21(27)25(22-12-24(17)18)11-20(26)23-16-8-4-6-14-5-2-3-7-15(14)16/h2-3,5,7,9-10,12,16H,4,6,8,11H2,1H3,(H,23,26)/t16-/m0/s1. The number of nitrogens with one attached hydrogen (secondary N) is 1. The highest BCUT2D eigenvalue weighted by Crippen LogP contribution is 2.29. The molecule has 1 aliphatic rings. The largest absolute Gasteiger partial charge is 0.348 e. The van der Waals surface area contributed by atoms with Crippen molar-refractivity contribution in [3.63, 3.8) is 0 Å². The van der Waals surface area contributed by atoms with Crippen molar-refractivity contribution in [2.24, 2.45) is 0 Å². The number of amides is 1. The van der Waals surface area contributed by atoms with Crippen LogP contribution in [0.5, 0.6) is 0 Å². The van der Waals surface area contributed by atoms with Crippen molar-refractivity contribution < 1.29 is 4.79 Å². The zero-order valence-corrected chi connectivity index (χ0v) is 16.3. The molecule has 0 radical (unpaired) electrons. The summed E-state index contributed by atoms with van der Waals surface area (Å²) in [5.74, 6) is -0.190. The number of benzene rings is 1. The average molecular weight is 392 g/mol. The van der Waals surface area contributed by atoms with Crippen molar-refractivity contribution in [1.29, 1.82) is 0 Å². The second-order valence-corrected chi connectivity index (χ2v) is 8.60. The normalized spacial score (nSPS) is 16.4. The topological polar surface area (TPSA) is 68.4 Å². The van der Waals surface area contributed by atoms with E-state index >= 15 is 0 Å². The summed E-state index contributed by atoms with van der Waals surface area (Å²) in [5, 5.41) is 7.31. The van der Waals surface area contributed by atoms with Crippen molar-refractivity contribution in [3.05, 3.63) is 69.1 Å². The van der Waals surface area contributed by atoms with E-state index in [1.54, 1.807) is 22.1 Å². The zero-order valence-electron chi connectivity index (χ0n) is 15.5. The average Bonchev–Trinajstić information content (AvgIpc) is 3.21. The summed E-state index contributed by atoms with van der Waals surface area (Å²) in [6.07, 6.45) is 4.63. The number of aromatic nitrogens is 3. The van der Waals surface area contributed by atoms with E-state index in [0.717, 1.165) is 29.5 Å². The lowest BCUT2D eigenvalue weighted by atomic mass is 9.88. The van der Waals surface area contributed by atoms with Crippen LogP contribution < -0.4 is 10.9 Å². The van der Waals surface area contributed by atoms with Crippen LogP contribution in [0.25, 0.3) is 15.7 Å². The quantitative estimate of drug-likeness (QED) is 0.582. The van der Waals surface area contributed by atoms with E-state index in [1.165, 1.54) is 20.7 Å². The lowest BCUT2D eigenvalue weighted by Crippen LogP contribution is -2.37. The van der Waals surface area contributed by atoms with Crippen LogP contribution in [-0.4, -0.2) is 20.1 Å². The van der Waals surface area contributed by atoms with E-state index in [0.29, 0.717) is 5.52 Å². The number of carbonyl (C=O) groups is 1. The first-order chi connectivity index (χ1) is 13.6. The van der Waals surface area contributed by atoms with Gasteiger partial charge in [-0.2, -0.15) is 5.10 Å². The summed E-state index contributed by atoms with van der Waals surface area (Å²) in [6.45, 7) is 1.96. The molecule has 6 nitrogen and oxygen atoms in total. The van der Waals surface area contributed by atoms with E-state index < -0.39 is 0 Å². The maximum Gasteiger partial charge on any atom is 0.291 e. The Bertz CT molecular complexity index is 1270. The molecule has 7 heteroatoms. The molecule has 0 aliphatic heterocycles. The van der Waals surface area contributed by atoms with Crippen LogP contribution in [0.3, 0.4) is 0 Å². The molecule has 5 rings (SSSR count). The van der Waals surface area contributed by atoms with Crippen molar-refractivity contribution in [1.82, 2.24) is 19.5 Å². The Hall–Kier alpha value is -2.93. The maximum absolute atomic E-state index is 12.8. The first-order valence-electron chi connectivity index (χ1n) is 9.44. The predicted molar refractivity (Wildman–Crippen MR) is 110 cm³/mol. The molecule has 1 aliphatic carbocycles. The van der Waals surface area contributed by atoms with E-state index in [-0.39, 0.29) is 24.1 Å². The first kappa shape index (κ1) is 17.2. The van der Waals surface area contributed by atoms with Gasteiger partial charge in [-0.05, 0) is 49.4 Å². The predicted octanol–water partition coefficient (Wildman–Crippen LogP) is 3.21. The number of fused-ring (bicyclic) bond motifs is 4. The lowest BCUT2D eigenvalue weighted by molar-refractivity contribution is -0.122. The molecule has 1 atom stereocenters. The third-order valence-electron chi connectivity index (χ3n) is 5.41. The summed E-state index contributed by atoms with van der Waals surface area (Å²) in [5.41, 5.74) is 3.76. The molecule has 4 aromatic rings. The van der Waals surface area contributed by atoms with Crippen LogP contribution in [0, 0.1) is 6.92 Å². The van der Waals surface area contributed by atoms with Crippen LogP contribution in [0.1, 0.15) is 34.9 Å². The van der Waals surface area contributed by atoms with E-state index in [1.807, 2.05) is 31.2 Å². The fourth-order valence-corrected chi connectivity index (χ4v) is 5.06. The van der Waals surface area contributed by atoms with E-state index in [9.17, 15) is 9.59 Å². The smallest absolute Gasteiger partial charge is 0.291 e. The summed E-state index contributed by atoms with van der Waals surface area (Å²) >= 11 is 1.65.